The van der Waals surface area contributed by atoms with E-state index in [0.29, 0.717) is 0 Å². The number of nitrogens with zero attached hydrogens (tertiary/aromatic N) is 1. The van der Waals surface area contributed by atoms with Crippen molar-refractivity contribution in [3.05, 3.63) is 28.8 Å². The summed E-state index contributed by atoms with van der Waals surface area (Å²) in [6, 6.07) is 6.13. The van der Waals surface area contributed by atoms with E-state index in [1.165, 1.54) is 16.7 Å². The molecule has 0 aromatic heterocycles. The van der Waals surface area contributed by atoms with E-state index in [-0.39, 0.29) is 6.04 Å². The Bertz CT molecular complexity index is 375. The van der Waals surface area contributed by atoms with E-state index in [1.807, 2.05) is 13.0 Å². The number of rotatable bonds is 2. The summed E-state index contributed by atoms with van der Waals surface area (Å²) in [5, 5.41) is 11.9. The summed E-state index contributed by atoms with van der Waals surface area (Å²) in [7, 11) is 0. The summed E-state index contributed by atoms with van der Waals surface area (Å²) in [5.41, 5.74) is 4.87. The molecule has 1 atom stereocenters. The Labute approximate surface area is 85.6 Å². The van der Waals surface area contributed by atoms with Gasteiger partial charge in [-0.15, -0.1) is 0 Å². The molecule has 74 valence electrons. The normalized spacial score (nSPS) is 11.9. The van der Waals surface area contributed by atoms with Crippen molar-refractivity contribution < 1.29 is 0 Å². The van der Waals surface area contributed by atoms with E-state index in [0.717, 1.165) is 5.69 Å². The van der Waals surface area contributed by atoms with Gasteiger partial charge in [0.05, 0.1) is 6.07 Å². The van der Waals surface area contributed by atoms with Gasteiger partial charge >= 0.3 is 0 Å². The lowest BCUT2D eigenvalue weighted by molar-refractivity contribution is 1.00. The first-order valence-corrected chi connectivity index (χ1v) is 4.79. The largest absolute Gasteiger partial charge is 0.370 e. The van der Waals surface area contributed by atoms with E-state index >= 15 is 0 Å². The number of hydrogen-bond donors (Lipinski definition) is 1. The van der Waals surface area contributed by atoms with Gasteiger partial charge in [-0.3, -0.25) is 0 Å². The summed E-state index contributed by atoms with van der Waals surface area (Å²) >= 11 is 0. The Morgan fingerprint density at radius 3 is 2.43 bits per heavy atom. The minimum Gasteiger partial charge on any atom is -0.370 e. The molecule has 2 heteroatoms. The van der Waals surface area contributed by atoms with Crippen molar-refractivity contribution in [1.82, 2.24) is 0 Å². The van der Waals surface area contributed by atoms with Crippen molar-refractivity contribution in [2.24, 2.45) is 0 Å². The molecule has 0 aliphatic carbocycles. The number of anilines is 1. The Hall–Kier alpha value is -1.49. The van der Waals surface area contributed by atoms with Gasteiger partial charge in [0.1, 0.15) is 6.04 Å². The van der Waals surface area contributed by atoms with Crippen LogP contribution in [0.1, 0.15) is 23.6 Å². The predicted octanol–water partition coefficient (Wildman–Crippen LogP) is 2.94. The Balaban J connectivity index is 3.01. The Morgan fingerprint density at radius 2 is 1.86 bits per heavy atom. The molecule has 0 saturated heterocycles. The van der Waals surface area contributed by atoms with Crippen molar-refractivity contribution >= 4 is 5.69 Å². The monoisotopic (exact) mass is 188 g/mol. The summed E-state index contributed by atoms with van der Waals surface area (Å²) in [6.45, 7) is 8.14. The lowest BCUT2D eigenvalue weighted by Crippen LogP contribution is -2.13. The lowest BCUT2D eigenvalue weighted by Gasteiger charge is -2.14. The standard InChI is InChI=1S/C12H16N2/c1-8-5-6-12(11(4)10(8)3)14-9(2)7-13/h5-6,9,14H,1-4H3. The molecule has 0 bridgehead atoms. The average Bonchev–Trinajstić information content (AvgIpc) is 2.19. The quantitative estimate of drug-likeness (QED) is 0.774. The SMILES string of the molecule is Cc1ccc(NC(C)C#N)c(C)c1C. The Kier molecular flexibility index (Phi) is 3.14. The van der Waals surface area contributed by atoms with Gasteiger partial charge in [-0.05, 0) is 50.5 Å². The number of hydrogen-bond acceptors (Lipinski definition) is 2. The molecule has 1 rings (SSSR count). The molecule has 0 spiro atoms. The minimum atomic E-state index is -0.143. The molecule has 1 aromatic rings. The van der Waals surface area contributed by atoms with Crippen LogP contribution in [-0.2, 0) is 0 Å². The molecule has 0 radical (unpaired) electrons. The maximum absolute atomic E-state index is 8.70. The molecule has 0 amide bonds. The zero-order valence-corrected chi connectivity index (χ0v) is 9.18. The van der Waals surface area contributed by atoms with Crippen LogP contribution in [0.5, 0.6) is 0 Å². The van der Waals surface area contributed by atoms with Crippen LogP contribution >= 0.6 is 0 Å². The first kappa shape index (κ1) is 10.6. The zero-order chi connectivity index (χ0) is 10.7. The maximum atomic E-state index is 8.70. The van der Waals surface area contributed by atoms with Crippen LogP contribution in [0.25, 0.3) is 0 Å². The first-order valence-electron chi connectivity index (χ1n) is 4.79. The molecule has 14 heavy (non-hydrogen) atoms. The lowest BCUT2D eigenvalue weighted by atomic mass is 10.0. The molecular formula is C12H16N2. The topological polar surface area (TPSA) is 35.8 Å². The van der Waals surface area contributed by atoms with Crippen LogP contribution in [0.4, 0.5) is 5.69 Å². The average molecular weight is 188 g/mol. The van der Waals surface area contributed by atoms with Gasteiger partial charge in [0.2, 0.25) is 0 Å². The summed E-state index contributed by atoms with van der Waals surface area (Å²) in [5.74, 6) is 0. The molecule has 0 aliphatic heterocycles. The van der Waals surface area contributed by atoms with Crippen LogP contribution in [-0.4, -0.2) is 6.04 Å². The van der Waals surface area contributed by atoms with E-state index in [1.54, 1.807) is 0 Å². The summed E-state index contributed by atoms with van der Waals surface area (Å²) < 4.78 is 0. The fourth-order valence-corrected chi connectivity index (χ4v) is 1.38. The molecule has 2 nitrogen and oxygen atoms in total. The molecule has 1 aromatic carbocycles. The van der Waals surface area contributed by atoms with Crippen LogP contribution in [0, 0.1) is 32.1 Å². The highest BCUT2D eigenvalue weighted by Crippen LogP contribution is 2.21. The van der Waals surface area contributed by atoms with Gasteiger partial charge in [0, 0.05) is 5.69 Å². The fourth-order valence-electron chi connectivity index (χ4n) is 1.38. The van der Waals surface area contributed by atoms with Gasteiger partial charge in [-0.2, -0.15) is 5.26 Å². The number of aryl methyl sites for hydroxylation is 1. The van der Waals surface area contributed by atoms with Crippen LogP contribution in [0.15, 0.2) is 12.1 Å². The smallest absolute Gasteiger partial charge is 0.111 e. The minimum absolute atomic E-state index is 0.143. The second-order valence-corrected chi connectivity index (χ2v) is 3.68. The highest BCUT2D eigenvalue weighted by atomic mass is 14.9. The third-order valence-corrected chi connectivity index (χ3v) is 2.62. The first-order chi connectivity index (χ1) is 6.56. The third kappa shape index (κ3) is 2.05. The van der Waals surface area contributed by atoms with Gasteiger partial charge in [-0.1, -0.05) is 6.07 Å². The maximum Gasteiger partial charge on any atom is 0.111 e. The highest BCUT2D eigenvalue weighted by molar-refractivity contribution is 5.56. The van der Waals surface area contributed by atoms with Crippen LogP contribution in [0.3, 0.4) is 0 Å². The molecule has 0 aliphatic rings. The summed E-state index contributed by atoms with van der Waals surface area (Å²) in [6.07, 6.45) is 0. The van der Waals surface area contributed by atoms with Gasteiger partial charge in [-0.25, -0.2) is 0 Å². The predicted molar refractivity (Wildman–Crippen MR) is 59.4 cm³/mol. The van der Waals surface area contributed by atoms with E-state index < -0.39 is 0 Å². The van der Waals surface area contributed by atoms with Crippen molar-refractivity contribution in [2.45, 2.75) is 33.7 Å². The van der Waals surface area contributed by atoms with E-state index in [2.05, 4.69) is 38.2 Å². The molecule has 0 heterocycles. The molecule has 0 fully saturated rings. The second-order valence-electron chi connectivity index (χ2n) is 3.68. The second kappa shape index (κ2) is 4.15. The van der Waals surface area contributed by atoms with Gasteiger partial charge in [0.15, 0.2) is 0 Å². The number of benzene rings is 1. The summed E-state index contributed by atoms with van der Waals surface area (Å²) in [4.78, 5) is 0. The van der Waals surface area contributed by atoms with E-state index in [9.17, 15) is 0 Å². The Morgan fingerprint density at radius 1 is 1.21 bits per heavy atom. The molecule has 1 N–H and O–H groups in total. The number of nitrogens with one attached hydrogen (secondary N) is 1. The fraction of sp³-hybridized carbons (Fsp3) is 0.417. The van der Waals surface area contributed by atoms with Crippen LogP contribution < -0.4 is 5.32 Å². The van der Waals surface area contributed by atoms with Gasteiger partial charge < -0.3 is 5.32 Å². The zero-order valence-electron chi connectivity index (χ0n) is 9.18. The van der Waals surface area contributed by atoms with E-state index in [4.69, 9.17) is 5.26 Å². The van der Waals surface area contributed by atoms with Crippen LogP contribution in [0.2, 0.25) is 0 Å². The van der Waals surface area contributed by atoms with Crippen molar-refractivity contribution in [3.8, 4) is 6.07 Å². The van der Waals surface area contributed by atoms with Crippen molar-refractivity contribution in [3.63, 3.8) is 0 Å². The molecular weight excluding hydrogens is 172 g/mol. The van der Waals surface area contributed by atoms with Crippen molar-refractivity contribution in [1.29, 1.82) is 5.26 Å². The van der Waals surface area contributed by atoms with Gasteiger partial charge in [0.25, 0.3) is 0 Å². The molecule has 0 saturated carbocycles. The highest BCUT2D eigenvalue weighted by Gasteiger charge is 2.05. The molecule has 1 unspecified atom stereocenters. The van der Waals surface area contributed by atoms with Crippen molar-refractivity contribution in [2.75, 3.05) is 5.32 Å². The third-order valence-electron chi connectivity index (χ3n) is 2.62. The number of nitriles is 1.